The summed E-state index contributed by atoms with van der Waals surface area (Å²) in [6.07, 6.45) is -2.30. The van der Waals surface area contributed by atoms with Crippen molar-refractivity contribution < 1.29 is 18.0 Å². The summed E-state index contributed by atoms with van der Waals surface area (Å²) in [6.45, 7) is 1.91. The van der Waals surface area contributed by atoms with Gasteiger partial charge in [0.15, 0.2) is 5.69 Å². The number of nitrogens with one attached hydrogen (secondary N) is 1. The molecule has 1 unspecified atom stereocenters. The Morgan fingerprint density at radius 2 is 2.28 bits per heavy atom. The van der Waals surface area contributed by atoms with Crippen molar-refractivity contribution in [1.82, 2.24) is 10.3 Å². The minimum Gasteiger partial charge on any atom is -0.349 e. The topological polar surface area (TPSA) is 42.0 Å². The van der Waals surface area contributed by atoms with Crippen LogP contribution >= 0.6 is 11.3 Å². The first-order valence-corrected chi connectivity index (χ1v) is 6.55. The van der Waals surface area contributed by atoms with Crippen molar-refractivity contribution in [2.75, 3.05) is 0 Å². The molecule has 1 aromatic heterocycles. The van der Waals surface area contributed by atoms with E-state index in [0.717, 1.165) is 29.6 Å². The second-order valence-electron chi connectivity index (χ2n) is 4.47. The van der Waals surface area contributed by atoms with Gasteiger partial charge >= 0.3 is 6.18 Å². The zero-order valence-electron chi connectivity index (χ0n) is 9.75. The molecule has 0 saturated heterocycles. The highest BCUT2D eigenvalue weighted by atomic mass is 32.1. The Kier molecular flexibility index (Phi) is 3.61. The highest BCUT2D eigenvalue weighted by molar-refractivity contribution is 7.09. The molecule has 0 aromatic carbocycles. The summed E-state index contributed by atoms with van der Waals surface area (Å²) < 4.78 is 36.9. The fourth-order valence-electron chi connectivity index (χ4n) is 1.66. The maximum Gasteiger partial charge on any atom is 0.434 e. The van der Waals surface area contributed by atoms with Crippen LogP contribution in [-0.2, 0) is 17.5 Å². The molecular formula is C11H13F3N2OS. The van der Waals surface area contributed by atoms with Gasteiger partial charge in [-0.2, -0.15) is 13.2 Å². The molecule has 2 rings (SSSR count). The highest BCUT2D eigenvalue weighted by Gasteiger charge is 2.34. The van der Waals surface area contributed by atoms with E-state index in [4.69, 9.17) is 0 Å². The first kappa shape index (κ1) is 13.3. The monoisotopic (exact) mass is 278 g/mol. The molecule has 1 fully saturated rings. The zero-order valence-corrected chi connectivity index (χ0v) is 10.6. The van der Waals surface area contributed by atoms with Gasteiger partial charge in [0, 0.05) is 11.3 Å². The van der Waals surface area contributed by atoms with Crippen molar-refractivity contribution in [3.63, 3.8) is 0 Å². The summed E-state index contributed by atoms with van der Waals surface area (Å²) in [5.41, 5.74) is -0.896. The lowest BCUT2D eigenvalue weighted by Crippen LogP contribution is -2.29. The summed E-state index contributed by atoms with van der Waals surface area (Å²) in [6, 6.07) is 0. The van der Waals surface area contributed by atoms with Crippen molar-refractivity contribution >= 4 is 17.2 Å². The number of carbonyl (C=O) groups is 1. The maximum absolute atomic E-state index is 12.3. The van der Waals surface area contributed by atoms with Gasteiger partial charge in [-0.05, 0) is 18.8 Å². The molecule has 1 amide bonds. The number of carbonyl (C=O) groups excluding carboxylic acids is 1. The number of nitrogens with zero attached hydrogens (tertiary/aromatic N) is 1. The predicted octanol–water partition coefficient (Wildman–Crippen LogP) is 2.82. The van der Waals surface area contributed by atoms with Gasteiger partial charge < -0.3 is 5.32 Å². The lowest BCUT2D eigenvalue weighted by atomic mass is 10.1. The molecule has 1 aliphatic rings. The van der Waals surface area contributed by atoms with Crippen LogP contribution in [0.25, 0.3) is 0 Å². The average Bonchev–Trinajstić information content (AvgIpc) is 3.02. The lowest BCUT2D eigenvalue weighted by molar-refractivity contribution is -0.140. The van der Waals surface area contributed by atoms with Crippen LogP contribution in [0.3, 0.4) is 0 Å². The fourth-order valence-corrected chi connectivity index (χ4v) is 2.40. The lowest BCUT2D eigenvalue weighted by Gasteiger charge is -2.09. The zero-order chi connectivity index (χ0) is 13.3. The van der Waals surface area contributed by atoms with Crippen molar-refractivity contribution in [1.29, 1.82) is 0 Å². The Hall–Kier alpha value is -1.11. The number of hydrogen-bond donors (Lipinski definition) is 1. The molecule has 1 N–H and O–H groups in total. The Labute approximate surface area is 106 Å². The SMILES string of the molecule is CC(C(=O)NCc1nc(C(F)(F)F)cs1)C1CC1. The van der Waals surface area contributed by atoms with Crippen LogP contribution in [0, 0.1) is 11.8 Å². The minimum atomic E-state index is -4.42. The summed E-state index contributed by atoms with van der Waals surface area (Å²) in [5.74, 6) is 0.264. The van der Waals surface area contributed by atoms with Crippen LogP contribution in [0.15, 0.2) is 5.38 Å². The smallest absolute Gasteiger partial charge is 0.349 e. The maximum atomic E-state index is 12.3. The molecule has 1 aromatic rings. The van der Waals surface area contributed by atoms with Crippen molar-refractivity contribution in [2.45, 2.75) is 32.5 Å². The van der Waals surface area contributed by atoms with Crippen LogP contribution in [0.1, 0.15) is 30.5 Å². The number of amides is 1. The summed E-state index contributed by atoms with van der Waals surface area (Å²) in [4.78, 5) is 15.1. The number of hydrogen-bond acceptors (Lipinski definition) is 3. The number of thiazole rings is 1. The third kappa shape index (κ3) is 3.22. The van der Waals surface area contributed by atoms with Gasteiger partial charge in [-0.3, -0.25) is 4.79 Å². The Bertz CT molecular complexity index is 440. The molecule has 0 bridgehead atoms. The molecule has 100 valence electrons. The molecular weight excluding hydrogens is 265 g/mol. The normalized spacial score (nSPS) is 17.6. The molecule has 1 aliphatic carbocycles. The van der Waals surface area contributed by atoms with Crippen molar-refractivity contribution in [2.24, 2.45) is 11.8 Å². The van der Waals surface area contributed by atoms with E-state index in [2.05, 4.69) is 10.3 Å². The largest absolute Gasteiger partial charge is 0.434 e. The van der Waals surface area contributed by atoms with E-state index < -0.39 is 11.9 Å². The van der Waals surface area contributed by atoms with E-state index in [0.29, 0.717) is 5.92 Å². The molecule has 1 saturated carbocycles. The minimum absolute atomic E-state index is 0.0629. The predicted molar refractivity (Wildman–Crippen MR) is 60.9 cm³/mol. The van der Waals surface area contributed by atoms with Crippen LogP contribution in [0.2, 0.25) is 0 Å². The second-order valence-corrected chi connectivity index (χ2v) is 5.41. The summed E-state index contributed by atoms with van der Waals surface area (Å²) in [5, 5.41) is 3.87. The van der Waals surface area contributed by atoms with Crippen LogP contribution in [-0.4, -0.2) is 10.9 Å². The van der Waals surface area contributed by atoms with Crippen LogP contribution in [0.5, 0.6) is 0 Å². The van der Waals surface area contributed by atoms with Gasteiger partial charge in [-0.15, -0.1) is 11.3 Å². The van der Waals surface area contributed by atoms with Crippen LogP contribution < -0.4 is 5.32 Å². The standard InChI is InChI=1S/C11H13F3N2OS/c1-6(7-2-3-7)10(17)15-4-9-16-8(5-18-9)11(12,13)14/h5-7H,2-4H2,1H3,(H,15,17). The number of halogens is 3. The van der Waals surface area contributed by atoms with E-state index in [1.807, 2.05) is 6.92 Å². The highest BCUT2D eigenvalue weighted by Crippen LogP contribution is 2.36. The van der Waals surface area contributed by atoms with Gasteiger partial charge in [0.25, 0.3) is 0 Å². The molecule has 18 heavy (non-hydrogen) atoms. The van der Waals surface area contributed by atoms with E-state index in [9.17, 15) is 18.0 Å². The summed E-state index contributed by atoms with van der Waals surface area (Å²) >= 11 is 0.908. The fraction of sp³-hybridized carbons (Fsp3) is 0.636. The van der Waals surface area contributed by atoms with E-state index in [1.165, 1.54) is 0 Å². The molecule has 0 aliphatic heterocycles. The van der Waals surface area contributed by atoms with Gasteiger partial charge in [-0.25, -0.2) is 4.98 Å². The number of aromatic nitrogens is 1. The molecule has 0 radical (unpaired) electrons. The second kappa shape index (κ2) is 4.87. The van der Waals surface area contributed by atoms with Gasteiger partial charge in [-0.1, -0.05) is 6.92 Å². The Morgan fingerprint density at radius 1 is 1.61 bits per heavy atom. The van der Waals surface area contributed by atoms with E-state index >= 15 is 0 Å². The van der Waals surface area contributed by atoms with Crippen LogP contribution in [0.4, 0.5) is 13.2 Å². The first-order valence-electron chi connectivity index (χ1n) is 5.67. The van der Waals surface area contributed by atoms with E-state index in [1.54, 1.807) is 0 Å². The molecule has 0 spiro atoms. The Balaban J connectivity index is 1.86. The first-order chi connectivity index (χ1) is 8.38. The summed E-state index contributed by atoms with van der Waals surface area (Å²) in [7, 11) is 0. The third-order valence-corrected chi connectivity index (χ3v) is 3.85. The number of rotatable bonds is 4. The average molecular weight is 278 g/mol. The third-order valence-electron chi connectivity index (χ3n) is 3.00. The molecule has 1 atom stereocenters. The Morgan fingerprint density at radius 3 is 2.78 bits per heavy atom. The molecule has 7 heteroatoms. The number of alkyl halides is 3. The quantitative estimate of drug-likeness (QED) is 0.920. The molecule has 1 heterocycles. The van der Waals surface area contributed by atoms with Gasteiger partial charge in [0.2, 0.25) is 5.91 Å². The molecule has 3 nitrogen and oxygen atoms in total. The van der Waals surface area contributed by atoms with Crippen molar-refractivity contribution in [3.8, 4) is 0 Å². The van der Waals surface area contributed by atoms with E-state index in [-0.39, 0.29) is 23.4 Å². The van der Waals surface area contributed by atoms with Gasteiger partial charge in [0.1, 0.15) is 5.01 Å². The van der Waals surface area contributed by atoms with Gasteiger partial charge in [0.05, 0.1) is 6.54 Å². The van der Waals surface area contributed by atoms with Crippen molar-refractivity contribution in [3.05, 3.63) is 16.1 Å².